The van der Waals surface area contributed by atoms with E-state index in [1.807, 2.05) is 0 Å². The van der Waals surface area contributed by atoms with E-state index in [1.165, 1.54) is 24.3 Å². The van der Waals surface area contributed by atoms with Crippen LogP contribution in [0.5, 0.6) is 0 Å². The maximum absolute atomic E-state index is 12.2. The Morgan fingerprint density at radius 2 is 1.50 bits per heavy atom. The van der Waals surface area contributed by atoms with Crippen LogP contribution in [0, 0.1) is 0 Å². The van der Waals surface area contributed by atoms with Crippen LogP contribution in [0.15, 0.2) is 47.4 Å². The number of rotatable bonds is 6. The van der Waals surface area contributed by atoms with E-state index in [0.717, 1.165) is 0 Å². The lowest BCUT2D eigenvalue weighted by Gasteiger charge is -2.07. The van der Waals surface area contributed by atoms with E-state index in [1.54, 1.807) is 18.2 Å². The molecule has 2 aromatic carbocycles. The van der Waals surface area contributed by atoms with E-state index in [0.29, 0.717) is 20.8 Å². The van der Waals surface area contributed by atoms with Gasteiger partial charge >= 0.3 is 0 Å². The van der Waals surface area contributed by atoms with Crippen LogP contribution in [0.2, 0.25) is 15.1 Å². The molecule has 0 unspecified atom stereocenters. The van der Waals surface area contributed by atoms with Gasteiger partial charge in [-0.2, -0.15) is 0 Å². The van der Waals surface area contributed by atoms with Crippen molar-refractivity contribution >= 4 is 56.2 Å². The third kappa shape index (κ3) is 5.67. The molecule has 0 atom stereocenters. The predicted octanol–water partition coefficient (Wildman–Crippen LogP) is 4.84. The number of halogens is 3. The molecule has 128 valence electrons. The highest BCUT2D eigenvalue weighted by Gasteiger charge is 2.15. The van der Waals surface area contributed by atoms with Gasteiger partial charge in [0.2, 0.25) is 5.91 Å². The van der Waals surface area contributed by atoms with Gasteiger partial charge in [-0.15, -0.1) is 0 Å². The summed E-state index contributed by atoms with van der Waals surface area (Å²) in [7, 11) is -3.44. The molecule has 4 nitrogen and oxygen atoms in total. The maximum Gasteiger partial charge on any atom is 0.224 e. The minimum absolute atomic E-state index is 0.0664. The third-order valence-corrected chi connectivity index (χ3v) is 5.64. The summed E-state index contributed by atoms with van der Waals surface area (Å²) < 4.78 is 24.3. The molecule has 0 aliphatic heterocycles. The number of amides is 1. The van der Waals surface area contributed by atoms with Gasteiger partial charge in [0, 0.05) is 27.2 Å². The molecule has 0 aliphatic carbocycles. The number of carbonyl (C=O) groups excluding carboxylic acids is 1. The fourth-order valence-corrected chi connectivity index (χ4v) is 3.99. The first kappa shape index (κ1) is 19.1. The monoisotopic (exact) mass is 405 g/mol. The zero-order valence-corrected chi connectivity index (χ0v) is 15.5. The van der Waals surface area contributed by atoms with E-state index in [4.69, 9.17) is 34.8 Å². The summed E-state index contributed by atoms with van der Waals surface area (Å²) in [5.74, 6) is -0.433. The fraction of sp³-hybridized carbons (Fsp3) is 0.188. The minimum atomic E-state index is -3.44. The summed E-state index contributed by atoms with van der Waals surface area (Å²) >= 11 is 17.4. The highest BCUT2D eigenvalue weighted by Crippen LogP contribution is 2.22. The van der Waals surface area contributed by atoms with E-state index in [-0.39, 0.29) is 29.4 Å². The van der Waals surface area contributed by atoms with E-state index in [2.05, 4.69) is 5.32 Å². The summed E-state index contributed by atoms with van der Waals surface area (Å²) in [6, 6.07) is 10.6. The normalized spacial score (nSPS) is 11.3. The van der Waals surface area contributed by atoms with E-state index < -0.39 is 9.84 Å². The first-order chi connectivity index (χ1) is 11.3. The molecule has 1 N–H and O–H groups in total. The minimum Gasteiger partial charge on any atom is -0.326 e. The first-order valence-electron chi connectivity index (χ1n) is 7.00. The van der Waals surface area contributed by atoms with Gasteiger partial charge in [-0.3, -0.25) is 4.79 Å². The van der Waals surface area contributed by atoms with Crippen molar-refractivity contribution in [1.82, 2.24) is 0 Å². The zero-order valence-electron chi connectivity index (χ0n) is 12.4. The molecule has 2 aromatic rings. The molecule has 1 amide bonds. The zero-order chi connectivity index (χ0) is 17.7. The van der Waals surface area contributed by atoms with Gasteiger partial charge in [0.1, 0.15) is 0 Å². The van der Waals surface area contributed by atoms with Crippen molar-refractivity contribution in [3.63, 3.8) is 0 Å². The molecule has 8 heteroatoms. The molecule has 24 heavy (non-hydrogen) atoms. The van der Waals surface area contributed by atoms with Crippen LogP contribution in [0.25, 0.3) is 0 Å². The second kappa shape index (κ2) is 8.21. The van der Waals surface area contributed by atoms with Crippen molar-refractivity contribution in [2.45, 2.75) is 17.7 Å². The second-order valence-corrected chi connectivity index (χ2v) is 8.50. The average Bonchev–Trinajstić information content (AvgIpc) is 2.46. The van der Waals surface area contributed by atoms with Crippen LogP contribution in [-0.4, -0.2) is 20.1 Å². The number of carbonyl (C=O) groups is 1. The van der Waals surface area contributed by atoms with Crippen LogP contribution < -0.4 is 5.32 Å². The van der Waals surface area contributed by atoms with Crippen molar-refractivity contribution in [2.24, 2.45) is 0 Å². The summed E-state index contributed by atoms with van der Waals surface area (Å²) in [4.78, 5) is 12.1. The molecule has 0 aliphatic rings. The van der Waals surface area contributed by atoms with Crippen LogP contribution in [0.1, 0.15) is 12.8 Å². The number of hydrogen-bond acceptors (Lipinski definition) is 3. The topological polar surface area (TPSA) is 63.2 Å². The maximum atomic E-state index is 12.2. The van der Waals surface area contributed by atoms with E-state index in [9.17, 15) is 13.2 Å². The van der Waals surface area contributed by atoms with E-state index >= 15 is 0 Å². The van der Waals surface area contributed by atoms with Crippen LogP contribution in [0.4, 0.5) is 5.69 Å². The van der Waals surface area contributed by atoms with Crippen molar-refractivity contribution in [3.05, 3.63) is 57.5 Å². The number of benzene rings is 2. The first-order valence-corrected chi connectivity index (χ1v) is 9.79. The Balaban J connectivity index is 1.89. The molecule has 0 spiro atoms. The largest absolute Gasteiger partial charge is 0.326 e. The summed E-state index contributed by atoms with van der Waals surface area (Å²) in [6.07, 6.45) is 0.266. The number of nitrogens with one attached hydrogen (secondary N) is 1. The van der Waals surface area contributed by atoms with Gasteiger partial charge in [-0.25, -0.2) is 8.42 Å². The van der Waals surface area contributed by atoms with Crippen LogP contribution >= 0.6 is 34.8 Å². The fourth-order valence-electron chi connectivity index (χ4n) is 2.03. The Bertz CT molecular complexity index is 816. The number of anilines is 1. The molecule has 0 radical (unpaired) electrons. The lowest BCUT2D eigenvalue weighted by atomic mass is 10.3. The molecule has 0 saturated heterocycles. The molecule has 0 bridgehead atoms. The van der Waals surface area contributed by atoms with Crippen LogP contribution in [0.3, 0.4) is 0 Å². The summed E-state index contributed by atoms with van der Waals surface area (Å²) in [5, 5.41) is 3.91. The molecular formula is C16H14Cl3NO3S. The Morgan fingerprint density at radius 1 is 0.917 bits per heavy atom. The van der Waals surface area contributed by atoms with Crippen molar-refractivity contribution in [3.8, 4) is 0 Å². The van der Waals surface area contributed by atoms with Gasteiger partial charge in [0.15, 0.2) is 9.84 Å². The predicted molar refractivity (Wildman–Crippen MR) is 97.8 cm³/mol. The molecular weight excluding hydrogens is 393 g/mol. The van der Waals surface area contributed by atoms with Gasteiger partial charge in [-0.1, -0.05) is 34.8 Å². The van der Waals surface area contributed by atoms with Crippen LogP contribution in [-0.2, 0) is 14.6 Å². The number of hydrogen-bond donors (Lipinski definition) is 1. The van der Waals surface area contributed by atoms with Crippen molar-refractivity contribution < 1.29 is 13.2 Å². The van der Waals surface area contributed by atoms with Gasteiger partial charge < -0.3 is 5.32 Å². The Kier molecular flexibility index (Phi) is 6.52. The lowest BCUT2D eigenvalue weighted by Crippen LogP contribution is -2.14. The number of sulfone groups is 1. The van der Waals surface area contributed by atoms with Gasteiger partial charge in [0.25, 0.3) is 0 Å². The second-order valence-electron chi connectivity index (χ2n) is 5.08. The molecule has 2 rings (SSSR count). The van der Waals surface area contributed by atoms with Gasteiger partial charge in [-0.05, 0) is 48.9 Å². The third-order valence-electron chi connectivity index (χ3n) is 3.14. The molecule has 0 aromatic heterocycles. The average molecular weight is 407 g/mol. The summed E-state index contributed by atoms with van der Waals surface area (Å²) in [6.45, 7) is 0. The summed E-state index contributed by atoms with van der Waals surface area (Å²) in [5.41, 5.74) is 0.470. The molecule has 0 heterocycles. The molecule has 0 saturated carbocycles. The standard InChI is InChI=1S/C16H14Cl3NO3S/c17-11-3-5-15(6-4-11)24(22,23)7-1-2-16(21)20-14-9-12(18)8-13(19)10-14/h3-6,8-10H,1-2,7H2,(H,20,21). The SMILES string of the molecule is O=C(CCCS(=O)(=O)c1ccc(Cl)cc1)Nc1cc(Cl)cc(Cl)c1. The Labute approximate surface area is 155 Å². The highest BCUT2D eigenvalue weighted by molar-refractivity contribution is 7.91. The smallest absolute Gasteiger partial charge is 0.224 e. The highest BCUT2D eigenvalue weighted by atomic mass is 35.5. The van der Waals surface area contributed by atoms with Crippen molar-refractivity contribution in [1.29, 1.82) is 0 Å². The lowest BCUT2D eigenvalue weighted by molar-refractivity contribution is -0.116. The molecule has 0 fully saturated rings. The van der Waals surface area contributed by atoms with Crippen molar-refractivity contribution in [2.75, 3.05) is 11.1 Å². The van der Waals surface area contributed by atoms with Gasteiger partial charge in [0.05, 0.1) is 10.6 Å². The Hall–Kier alpha value is -1.27. The quantitative estimate of drug-likeness (QED) is 0.746. The Morgan fingerprint density at radius 3 is 2.08 bits per heavy atom.